The Morgan fingerprint density at radius 3 is 2.58 bits per heavy atom. The van der Waals surface area contributed by atoms with Crippen LogP contribution < -0.4 is 10.2 Å². The molecule has 0 atom stereocenters. The van der Waals surface area contributed by atoms with E-state index >= 15 is 0 Å². The van der Waals surface area contributed by atoms with E-state index in [1.807, 2.05) is 24.3 Å². The molecule has 3 heterocycles. The minimum Gasteiger partial charge on any atom is -0.451 e. The zero-order valence-corrected chi connectivity index (χ0v) is 20.4. The number of hydrogen-bond donors (Lipinski definition) is 1. The summed E-state index contributed by atoms with van der Waals surface area (Å²) in [5.41, 5.74) is 3.48. The maximum Gasteiger partial charge on any atom is 0.244 e. The molecule has 0 saturated carbocycles. The number of nitrogens with one attached hydrogen (secondary N) is 1. The average Bonchev–Trinajstić information content (AvgIpc) is 3.53. The third-order valence-corrected chi connectivity index (χ3v) is 8.13. The summed E-state index contributed by atoms with van der Waals surface area (Å²) in [6.45, 7) is -0.212. The summed E-state index contributed by atoms with van der Waals surface area (Å²) < 4.78 is 30.5. The summed E-state index contributed by atoms with van der Waals surface area (Å²) >= 11 is 0. The molecule has 10 nitrogen and oxygen atoms in total. The minimum atomic E-state index is -3.12. The van der Waals surface area contributed by atoms with Crippen molar-refractivity contribution in [1.82, 2.24) is 14.8 Å². The van der Waals surface area contributed by atoms with Gasteiger partial charge in [-0.1, -0.05) is 12.1 Å². The molecule has 4 aromatic rings. The van der Waals surface area contributed by atoms with Gasteiger partial charge in [-0.3, -0.25) is 14.3 Å². The maximum absolute atomic E-state index is 13.5. The highest BCUT2D eigenvalue weighted by Crippen LogP contribution is 2.27. The summed E-state index contributed by atoms with van der Waals surface area (Å²) in [4.78, 5) is 32.1. The maximum atomic E-state index is 13.5. The van der Waals surface area contributed by atoms with Crippen LogP contribution in [0.3, 0.4) is 0 Å². The van der Waals surface area contributed by atoms with E-state index in [9.17, 15) is 18.0 Å². The Bertz CT molecular complexity index is 1500. The normalized spacial score (nSPS) is 15.6. The number of hydrogen-bond acceptors (Lipinski definition) is 7. The molecular weight excluding hydrogens is 482 g/mol. The smallest absolute Gasteiger partial charge is 0.244 e. The van der Waals surface area contributed by atoms with Gasteiger partial charge in [-0.15, -0.1) is 0 Å². The lowest BCUT2D eigenvalue weighted by Gasteiger charge is -2.29. The van der Waals surface area contributed by atoms with Gasteiger partial charge in [0, 0.05) is 35.3 Å². The highest BCUT2D eigenvalue weighted by atomic mass is 32.2. The van der Waals surface area contributed by atoms with Crippen molar-refractivity contribution >= 4 is 43.9 Å². The molecule has 0 spiro atoms. The second kappa shape index (κ2) is 9.57. The van der Waals surface area contributed by atoms with Crippen LogP contribution in [0.2, 0.25) is 0 Å². The number of carbonyl (C=O) groups excluding carboxylic acids is 2. The number of aryl methyl sites for hydroxylation is 1. The quantitative estimate of drug-likeness (QED) is 0.425. The molecular formula is C25H25N5O5S. The van der Waals surface area contributed by atoms with Crippen LogP contribution in [0.25, 0.3) is 22.2 Å². The molecule has 1 fully saturated rings. The fourth-order valence-corrected chi connectivity index (χ4v) is 5.87. The van der Waals surface area contributed by atoms with Crippen LogP contribution >= 0.6 is 0 Å². The van der Waals surface area contributed by atoms with Gasteiger partial charge in [-0.05, 0) is 43.2 Å². The van der Waals surface area contributed by atoms with Crippen molar-refractivity contribution in [3.8, 4) is 11.3 Å². The SMILES string of the molecule is Cn1ncc2ccc(N(CC(=O)Nc3ccc(-c4cocn4)cc3)C(=O)C3CCS(=O)(=O)CC3)cc21. The predicted octanol–water partition coefficient (Wildman–Crippen LogP) is 3.02. The molecule has 1 saturated heterocycles. The fraction of sp³-hybridized carbons (Fsp3) is 0.280. The van der Waals surface area contributed by atoms with E-state index in [2.05, 4.69) is 15.4 Å². The molecule has 0 aliphatic carbocycles. The third-order valence-electron chi connectivity index (χ3n) is 6.41. The van der Waals surface area contributed by atoms with Crippen LogP contribution in [0.4, 0.5) is 11.4 Å². The highest BCUT2D eigenvalue weighted by molar-refractivity contribution is 7.91. The zero-order chi connectivity index (χ0) is 25.3. The molecule has 2 aromatic heterocycles. The van der Waals surface area contributed by atoms with Gasteiger partial charge in [0.25, 0.3) is 0 Å². The largest absolute Gasteiger partial charge is 0.451 e. The molecule has 2 aromatic carbocycles. The van der Waals surface area contributed by atoms with E-state index in [0.717, 1.165) is 16.5 Å². The summed E-state index contributed by atoms with van der Waals surface area (Å²) in [6.07, 6.45) is 5.11. The molecule has 1 N–H and O–H groups in total. The molecule has 186 valence electrons. The van der Waals surface area contributed by atoms with Gasteiger partial charge in [-0.25, -0.2) is 13.4 Å². The zero-order valence-electron chi connectivity index (χ0n) is 19.6. The second-order valence-corrected chi connectivity index (χ2v) is 11.2. The first kappa shape index (κ1) is 23.7. The Kier molecular flexibility index (Phi) is 6.31. The van der Waals surface area contributed by atoms with E-state index in [4.69, 9.17) is 4.42 Å². The predicted molar refractivity (Wildman–Crippen MR) is 135 cm³/mol. The average molecular weight is 508 g/mol. The van der Waals surface area contributed by atoms with Crippen molar-refractivity contribution in [3.63, 3.8) is 0 Å². The molecule has 1 aliphatic rings. The first-order chi connectivity index (χ1) is 17.3. The Balaban J connectivity index is 1.37. The molecule has 1 aliphatic heterocycles. The second-order valence-electron chi connectivity index (χ2n) is 8.86. The van der Waals surface area contributed by atoms with Gasteiger partial charge < -0.3 is 14.6 Å². The number of nitrogens with zero attached hydrogens (tertiary/aromatic N) is 4. The lowest BCUT2D eigenvalue weighted by Crippen LogP contribution is -2.43. The van der Waals surface area contributed by atoms with Crippen molar-refractivity contribution in [3.05, 3.63) is 61.3 Å². The van der Waals surface area contributed by atoms with Gasteiger partial charge in [0.05, 0.1) is 23.2 Å². The van der Waals surface area contributed by atoms with Gasteiger partial charge in [0.15, 0.2) is 6.39 Å². The summed E-state index contributed by atoms with van der Waals surface area (Å²) in [7, 11) is -1.32. The van der Waals surface area contributed by atoms with Gasteiger partial charge in [-0.2, -0.15) is 5.10 Å². The lowest BCUT2D eigenvalue weighted by atomic mass is 10.0. The lowest BCUT2D eigenvalue weighted by molar-refractivity contribution is -0.124. The van der Waals surface area contributed by atoms with Crippen molar-refractivity contribution in [1.29, 1.82) is 0 Å². The minimum absolute atomic E-state index is 0.0257. The van der Waals surface area contributed by atoms with Crippen LogP contribution in [0.15, 0.2) is 65.7 Å². The van der Waals surface area contributed by atoms with E-state index in [0.29, 0.717) is 17.1 Å². The number of amides is 2. The summed E-state index contributed by atoms with van der Waals surface area (Å²) in [5.74, 6) is -1.15. The van der Waals surface area contributed by atoms with Crippen molar-refractivity contribution in [2.45, 2.75) is 12.8 Å². The number of benzene rings is 2. The number of carbonyl (C=O) groups is 2. The molecule has 0 unspecified atom stereocenters. The van der Waals surface area contributed by atoms with E-state index in [1.165, 1.54) is 17.6 Å². The van der Waals surface area contributed by atoms with E-state index in [-0.39, 0.29) is 42.7 Å². The molecule has 0 radical (unpaired) electrons. The van der Waals surface area contributed by atoms with Crippen molar-refractivity contribution < 1.29 is 22.4 Å². The van der Waals surface area contributed by atoms with Crippen molar-refractivity contribution in [2.75, 3.05) is 28.3 Å². The number of fused-ring (bicyclic) bond motifs is 1. The first-order valence-electron chi connectivity index (χ1n) is 11.5. The standard InChI is InChI=1S/C25H25N5O5S/c1-29-23-12-21(7-4-19(23)13-27-29)30(25(32)18-8-10-36(33,34)11-9-18)14-24(31)28-20-5-2-17(3-6-20)22-15-35-16-26-22/h2-7,12-13,15-16,18H,8-11,14H2,1H3,(H,28,31). The molecule has 2 amide bonds. The monoisotopic (exact) mass is 507 g/mol. The Morgan fingerprint density at radius 2 is 1.89 bits per heavy atom. The first-order valence-corrected chi connectivity index (χ1v) is 13.3. The summed E-state index contributed by atoms with van der Waals surface area (Å²) in [5, 5.41) is 8.00. The van der Waals surface area contributed by atoms with E-state index < -0.39 is 15.8 Å². The van der Waals surface area contributed by atoms with Crippen LogP contribution in [-0.4, -0.2) is 53.0 Å². The van der Waals surface area contributed by atoms with Crippen LogP contribution in [0, 0.1) is 5.92 Å². The molecule has 36 heavy (non-hydrogen) atoms. The van der Waals surface area contributed by atoms with Gasteiger partial charge in [0.1, 0.15) is 28.3 Å². The fourth-order valence-electron chi connectivity index (χ4n) is 4.38. The van der Waals surface area contributed by atoms with Crippen LogP contribution in [-0.2, 0) is 26.5 Å². The Labute approximate surface area is 207 Å². The number of aromatic nitrogens is 3. The van der Waals surface area contributed by atoms with Gasteiger partial charge in [0.2, 0.25) is 11.8 Å². The third kappa shape index (κ3) is 5.01. The number of sulfone groups is 1. The number of oxazole rings is 1. The van der Waals surface area contributed by atoms with Crippen LogP contribution in [0.1, 0.15) is 12.8 Å². The summed E-state index contributed by atoms with van der Waals surface area (Å²) in [6, 6.07) is 12.6. The van der Waals surface area contributed by atoms with Crippen molar-refractivity contribution in [2.24, 2.45) is 13.0 Å². The Morgan fingerprint density at radius 1 is 1.14 bits per heavy atom. The number of anilines is 2. The Hall–Kier alpha value is -3.99. The number of rotatable bonds is 6. The molecule has 0 bridgehead atoms. The highest BCUT2D eigenvalue weighted by Gasteiger charge is 2.33. The van der Waals surface area contributed by atoms with E-state index in [1.54, 1.807) is 36.1 Å². The van der Waals surface area contributed by atoms with Gasteiger partial charge >= 0.3 is 0 Å². The molecule has 11 heteroatoms. The topological polar surface area (TPSA) is 127 Å². The van der Waals surface area contributed by atoms with Crippen LogP contribution in [0.5, 0.6) is 0 Å². The molecule has 5 rings (SSSR count).